The molecule has 6 rings (SSSR count). The second kappa shape index (κ2) is 10.5. The zero-order valence-electron chi connectivity index (χ0n) is 21.4. The number of allylic oxidation sites excluding steroid dienone is 1. The number of nitriles is 1. The van der Waals surface area contributed by atoms with Gasteiger partial charge in [-0.25, -0.2) is 9.67 Å². The lowest BCUT2D eigenvalue weighted by Gasteiger charge is -2.08. The summed E-state index contributed by atoms with van der Waals surface area (Å²) in [6.07, 6.45) is 3.81. The van der Waals surface area contributed by atoms with E-state index >= 15 is 0 Å². The molecule has 0 unspecified atom stereocenters. The minimum absolute atomic E-state index is 0.457. The van der Waals surface area contributed by atoms with E-state index in [1.54, 1.807) is 0 Å². The first-order valence-corrected chi connectivity index (χ1v) is 12.7. The van der Waals surface area contributed by atoms with Gasteiger partial charge in [-0.2, -0.15) is 10.4 Å². The SMILES string of the molecule is Cn1c(C(C#N)=Cc2cn(-c3ccccc3)nc2-c2cccc(OCc3ccccc3)c2)nc2ccccc21. The van der Waals surface area contributed by atoms with Crippen molar-refractivity contribution in [2.45, 2.75) is 6.61 Å². The van der Waals surface area contributed by atoms with Gasteiger partial charge in [0.25, 0.3) is 0 Å². The van der Waals surface area contributed by atoms with Crippen molar-refractivity contribution in [1.82, 2.24) is 19.3 Å². The molecule has 6 nitrogen and oxygen atoms in total. The highest BCUT2D eigenvalue weighted by Gasteiger charge is 2.16. The van der Waals surface area contributed by atoms with Crippen molar-refractivity contribution in [1.29, 1.82) is 5.26 Å². The molecule has 39 heavy (non-hydrogen) atoms. The molecule has 0 amide bonds. The lowest BCUT2D eigenvalue weighted by Crippen LogP contribution is -1.96. The van der Waals surface area contributed by atoms with Crippen LogP contribution in [0.15, 0.2) is 115 Å². The zero-order chi connectivity index (χ0) is 26.6. The molecule has 2 aromatic heterocycles. The Balaban J connectivity index is 1.43. The number of aryl methyl sites for hydroxylation is 1. The summed E-state index contributed by atoms with van der Waals surface area (Å²) in [7, 11) is 1.93. The van der Waals surface area contributed by atoms with E-state index in [2.05, 4.69) is 6.07 Å². The first-order valence-electron chi connectivity index (χ1n) is 12.7. The van der Waals surface area contributed by atoms with E-state index in [-0.39, 0.29) is 0 Å². The predicted octanol–water partition coefficient (Wildman–Crippen LogP) is 7.07. The fraction of sp³-hybridized carbons (Fsp3) is 0.0606. The summed E-state index contributed by atoms with van der Waals surface area (Å²) in [5.41, 5.74) is 6.75. The highest BCUT2D eigenvalue weighted by molar-refractivity contribution is 5.93. The fourth-order valence-electron chi connectivity index (χ4n) is 4.59. The van der Waals surface area contributed by atoms with Crippen LogP contribution in [0.3, 0.4) is 0 Å². The maximum absolute atomic E-state index is 10.2. The van der Waals surface area contributed by atoms with Gasteiger partial charge in [-0.1, -0.05) is 72.8 Å². The first kappa shape index (κ1) is 24.0. The fourth-order valence-corrected chi connectivity index (χ4v) is 4.59. The van der Waals surface area contributed by atoms with Crippen LogP contribution in [-0.4, -0.2) is 19.3 Å². The molecule has 0 N–H and O–H groups in total. The van der Waals surface area contributed by atoms with E-state index in [4.69, 9.17) is 14.8 Å². The van der Waals surface area contributed by atoms with Gasteiger partial charge in [0.1, 0.15) is 24.1 Å². The normalized spacial score (nSPS) is 11.4. The first-order chi connectivity index (χ1) is 19.2. The molecule has 2 heterocycles. The number of hydrogen-bond acceptors (Lipinski definition) is 4. The highest BCUT2D eigenvalue weighted by atomic mass is 16.5. The Labute approximate surface area is 226 Å². The Morgan fingerprint density at radius 3 is 2.41 bits per heavy atom. The van der Waals surface area contributed by atoms with Crippen LogP contribution in [0.1, 0.15) is 17.0 Å². The van der Waals surface area contributed by atoms with Gasteiger partial charge in [-0.05, 0) is 48.0 Å². The molecule has 6 aromatic rings. The lowest BCUT2D eigenvalue weighted by atomic mass is 10.1. The Hall–Kier alpha value is -5.41. The van der Waals surface area contributed by atoms with Crippen LogP contribution in [0.2, 0.25) is 0 Å². The summed E-state index contributed by atoms with van der Waals surface area (Å²) in [4.78, 5) is 4.74. The van der Waals surface area contributed by atoms with Gasteiger partial charge >= 0.3 is 0 Å². The maximum Gasteiger partial charge on any atom is 0.151 e. The van der Waals surface area contributed by atoms with E-state index in [0.717, 1.165) is 44.9 Å². The van der Waals surface area contributed by atoms with Crippen molar-refractivity contribution in [2.75, 3.05) is 0 Å². The summed E-state index contributed by atoms with van der Waals surface area (Å²) in [5, 5.41) is 15.1. The molecule has 0 aliphatic carbocycles. The average molecular weight is 508 g/mol. The Bertz CT molecular complexity index is 1830. The third-order valence-corrected chi connectivity index (χ3v) is 6.57. The molecule has 0 bridgehead atoms. The molecule has 0 fully saturated rings. The molecule has 0 saturated carbocycles. The average Bonchev–Trinajstić information content (AvgIpc) is 3.57. The van der Waals surface area contributed by atoms with Gasteiger partial charge in [0, 0.05) is 24.4 Å². The predicted molar refractivity (Wildman–Crippen MR) is 154 cm³/mol. The summed E-state index contributed by atoms with van der Waals surface area (Å²) < 4.78 is 9.87. The number of imidazole rings is 1. The molecule has 0 radical (unpaired) electrons. The molecule has 188 valence electrons. The van der Waals surface area contributed by atoms with Gasteiger partial charge in [0.05, 0.1) is 22.3 Å². The summed E-state index contributed by atoms with van der Waals surface area (Å²) in [6, 6.07) is 38.1. The van der Waals surface area contributed by atoms with Gasteiger partial charge in [0.15, 0.2) is 5.82 Å². The molecule has 4 aromatic carbocycles. The molecular weight excluding hydrogens is 482 g/mol. The van der Waals surface area contributed by atoms with Crippen LogP contribution < -0.4 is 4.74 Å². The zero-order valence-corrected chi connectivity index (χ0v) is 21.4. The van der Waals surface area contributed by atoms with Gasteiger partial charge < -0.3 is 9.30 Å². The van der Waals surface area contributed by atoms with Crippen molar-refractivity contribution in [3.63, 3.8) is 0 Å². The van der Waals surface area contributed by atoms with Crippen molar-refractivity contribution < 1.29 is 4.74 Å². The Morgan fingerprint density at radius 2 is 1.64 bits per heavy atom. The van der Waals surface area contributed by atoms with Crippen LogP contribution in [0, 0.1) is 11.3 Å². The number of rotatable bonds is 7. The monoisotopic (exact) mass is 507 g/mol. The minimum Gasteiger partial charge on any atom is -0.489 e. The lowest BCUT2D eigenvalue weighted by molar-refractivity contribution is 0.306. The third-order valence-electron chi connectivity index (χ3n) is 6.57. The summed E-state index contributed by atoms with van der Waals surface area (Å²) >= 11 is 0. The second-order valence-electron chi connectivity index (χ2n) is 9.17. The van der Waals surface area contributed by atoms with Crippen molar-refractivity contribution >= 4 is 22.7 Å². The van der Waals surface area contributed by atoms with Gasteiger partial charge in [0.2, 0.25) is 0 Å². The number of benzene rings is 4. The van der Waals surface area contributed by atoms with E-state index in [1.165, 1.54) is 0 Å². The molecule has 0 aliphatic rings. The van der Waals surface area contributed by atoms with Crippen LogP contribution in [-0.2, 0) is 13.7 Å². The molecular formula is C33H25N5O. The highest BCUT2D eigenvalue weighted by Crippen LogP contribution is 2.30. The summed E-state index contributed by atoms with van der Waals surface area (Å²) in [5.74, 6) is 1.36. The number of fused-ring (bicyclic) bond motifs is 1. The Morgan fingerprint density at radius 1 is 0.897 bits per heavy atom. The molecule has 0 atom stereocenters. The quantitative estimate of drug-likeness (QED) is 0.217. The largest absolute Gasteiger partial charge is 0.489 e. The maximum atomic E-state index is 10.2. The second-order valence-corrected chi connectivity index (χ2v) is 9.17. The van der Waals surface area contributed by atoms with Crippen LogP contribution >= 0.6 is 0 Å². The van der Waals surface area contributed by atoms with E-state index < -0.39 is 0 Å². The molecule has 0 aliphatic heterocycles. The minimum atomic E-state index is 0.457. The van der Waals surface area contributed by atoms with E-state index in [9.17, 15) is 5.26 Å². The smallest absolute Gasteiger partial charge is 0.151 e. The standard InChI is InChI=1S/C33H25N5O/c1-37-31-18-9-8-17-30(31)35-33(37)26(21-34)19-27-22-38(28-14-6-3-7-15-28)36-32(27)25-13-10-16-29(20-25)39-23-24-11-4-2-5-12-24/h2-20,22H,23H2,1H3. The molecule has 0 spiro atoms. The van der Waals surface area contributed by atoms with Gasteiger partial charge in [-0.3, -0.25) is 0 Å². The topological polar surface area (TPSA) is 68.7 Å². The number of para-hydroxylation sites is 3. The van der Waals surface area contributed by atoms with E-state index in [0.29, 0.717) is 18.0 Å². The third kappa shape index (κ3) is 4.94. The molecule has 0 saturated heterocycles. The van der Waals surface area contributed by atoms with Crippen LogP contribution in [0.5, 0.6) is 5.75 Å². The number of aromatic nitrogens is 4. The summed E-state index contributed by atoms with van der Waals surface area (Å²) in [6.45, 7) is 0.473. The molecule has 6 heteroatoms. The van der Waals surface area contributed by atoms with Gasteiger partial charge in [-0.15, -0.1) is 0 Å². The number of nitrogens with zero attached hydrogens (tertiary/aromatic N) is 5. The number of ether oxygens (including phenoxy) is 1. The number of hydrogen-bond donors (Lipinski definition) is 0. The van der Waals surface area contributed by atoms with Crippen molar-refractivity contribution in [2.24, 2.45) is 7.05 Å². The van der Waals surface area contributed by atoms with Crippen molar-refractivity contribution in [3.8, 4) is 28.8 Å². The van der Waals surface area contributed by atoms with Crippen LogP contribution in [0.4, 0.5) is 0 Å². The van der Waals surface area contributed by atoms with E-state index in [1.807, 2.05) is 138 Å². The Kier molecular flexibility index (Phi) is 6.46. The van der Waals surface area contributed by atoms with Crippen LogP contribution in [0.25, 0.3) is 39.6 Å². The van der Waals surface area contributed by atoms with Crippen molar-refractivity contribution in [3.05, 3.63) is 132 Å².